The number of benzene rings is 4. The minimum absolute atomic E-state index is 0.184. The van der Waals surface area contributed by atoms with Crippen LogP contribution in [0.2, 0.25) is 10.0 Å². The van der Waals surface area contributed by atoms with Crippen molar-refractivity contribution in [2.24, 2.45) is 5.10 Å². The maximum atomic E-state index is 13.7. The maximum Gasteiger partial charge on any atom is 0.282 e. The number of furan rings is 1. The van der Waals surface area contributed by atoms with Crippen LogP contribution in [-0.4, -0.2) is 35.5 Å². The van der Waals surface area contributed by atoms with Crippen molar-refractivity contribution in [3.8, 4) is 23.1 Å². The number of carbonyl (C=O) groups is 1. The van der Waals surface area contributed by atoms with E-state index in [-0.39, 0.29) is 18.2 Å². The first kappa shape index (κ1) is 29.4. The number of aromatic nitrogens is 2. The summed E-state index contributed by atoms with van der Waals surface area (Å²) >= 11 is 15.6. The van der Waals surface area contributed by atoms with Gasteiger partial charge in [0, 0.05) is 31.2 Å². The van der Waals surface area contributed by atoms with Gasteiger partial charge in [0.05, 0.1) is 24.2 Å². The fourth-order valence-corrected chi connectivity index (χ4v) is 5.25. The predicted molar refractivity (Wildman–Crippen MR) is 175 cm³/mol. The van der Waals surface area contributed by atoms with Crippen LogP contribution in [0.5, 0.6) is 11.5 Å². The van der Waals surface area contributed by atoms with E-state index in [1.807, 2.05) is 0 Å². The molecule has 0 fully saturated rings. The SMILES string of the molecule is COc1cc(Br)cc(C=Nn2c(-c3cc4cc(Cl)ccc4o3)nc3ccccc3c2=O)c1OCC(=O)Nc1ccc(Cl)cc1. The Kier molecular flexibility index (Phi) is 8.38. The average molecular weight is 692 g/mol. The summed E-state index contributed by atoms with van der Waals surface area (Å²) in [6, 6.07) is 24.1. The van der Waals surface area contributed by atoms with Crippen LogP contribution in [0.4, 0.5) is 5.69 Å². The molecular weight excluding hydrogens is 671 g/mol. The van der Waals surface area contributed by atoms with Crippen molar-refractivity contribution in [2.75, 3.05) is 19.0 Å². The number of carbonyl (C=O) groups excluding carboxylic acids is 1. The number of para-hydroxylation sites is 1. The zero-order valence-electron chi connectivity index (χ0n) is 22.9. The highest BCUT2D eigenvalue weighted by Crippen LogP contribution is 2.34. The van der Waals surface area contributed by atoms with E-state index in [2.05, 4.69) is 26.3 Å². The summed E-state index contributed by atoms with van der Waals surface area (Å²) in [7, 11) is 1.48. The van der Waals surface area contributed by atoms with E-state index in [4.69, 9.17) is 42.1 Å². The summed E-state index contributed by atoms with van der Waals surface area (Å²) in [5, 5.41) is 9.50. The average Bonchev–Trinajstić information content (AvgIpc) is 3.44. The Morgan fingerprint density at radius 1 is 1.05 bits per heavy atom. The molecule has 1 N–H and O–H groups in total. The molecule has 0 aliphatic heterocycles. The Morgan fingerprint density at radius 2 is 1.82 bits per heavy atom. The second-order valence-corrected chi connectivity index (χ2v) is 11.3. The third-order valence-corrected chi connectivity index (χ3v) is 7.45. The van der Waals surface area contributed by atoms with E-state index in [0.717, 1.165) is 10.1 Å². The molecule has 6 aromatic rings. The zero-order valence-corrected chi connectivity index (χ0v) is 26.0. The molecule has 220 valence electrons. The molecule has 12 heteroatoms. The lowest BCUT2D eigenvalue weighted by atomic mass is 10.2. The Balaban J connectivity index is 1.39. The third-order valence-electron chi connectivity index (χ3n) is 6.51. The monoisotopic (exact) mass is 690 g/mol. The molecular formula is C32H21BrCl2N4O5. The van der Waals surface area contributed by atoms with Gasteiger partial charge in [0.15, 0.2) is 23.9 Å². The van der Waals surface area contributed by atoms with E-state index in [0.29, 0.717) is 53.8 Å². The number of hydrogen-bond donors (Lipinski definition) is 1. The molecule has 0 spiro atoms. The summed E-state index contributed by atoms with van der Waals surface area (Å²) in [4.78, 5) is 31.1. The van der Waals surface area contributed by atoms with Crippen molar-refractivity contribution in [2.45, 2.75) is 0 Å². The van der Waals surface area contributed by atoms with Crippen LogP contribution in [0, 0.1) is 0 Å². The normalized spacial score (nSPS) is 11.4. The zero-order chi connectivity index (χ0) is 30.8. The van der Waals surface area contributed by atoms with Gasteiger partial charge in [0.25, 0.3) is 11.5 Å². The molecule has 0 atom stereocenters. The molecule has 0 radical (unpaired) electrons. The van der Waals surface area contributed by atoms with Gasteiger partial charge in [0.2, 0.25) is 5.82 Å². The van der Waals surface area contributed by atoms with E-state index in [1.165, 1.54) is 13.3 Å². The number of nitrogens with zero attached hydrogens (tertiary/aromatic N) is 3. The summed E-state index contributed by atoms with van der Waals surface area (Å²) in [6.07, 6.45) is 1.43. The van der Waals surface area contributed by atoms with Gasteiger partial charge >= 0.3 is 0 Å². The highest BCUT2D eigenvalue weighted by Gasteiger charge is 2.18. The van der Waals surface area contributed by atoms with Crippen LogP contribution in [0.3, 0.4) is 0 Å². The molecule has 0 unspecified atom stereocenters. The predicted octanol–water partition coefficient (Wildman–Crippen LogP) is 7.79. The molecule has 2 aromatic heterocycles. The highest BCUT2D eigenvalue weighted by atomic mass is 79.9. The van der Waals surface area contributed by atoms with Gasteiger partial charge in [-0.2, -0.15) is 9.78 Å². The number of anilines is 1. The van der Waals surface area contributed by atoms with Crippen molar-refractivity contribution in [3.05, 3.63) is 115 Å². The molecule has 4 aromatic carbocycles. The Labute approximate surface area is 268 Å². The molecule has 44 heavy (non-hydrogen) atoms. The van der Waals surface area contributed by atoms with Gasteiger partial charge in [-0.15, -0.1) is 0 Å². The van der Waals surface area contributed by atoms with E-state index in [9.17, 15) is 9.59 Å². The van der Waals surface area contributed by atoms with Crippen molar-refractivity contribution in [1.29, 1.82) is 0 Å². The minimum Gasteiger partial charge on any atom is -0.493 e. The van der Waals surface area contributed by atoms with Gasteiger partial charge in [-0.3, -0.25) is 9.59 Å². The third kappa shape index (κ3) is 6.19. The molecule has 0 aliphatic rings. The van der Waals surface area contributed by atoms with E-state index >= 15 is 0 Å². The van der Waals surface area contributed by atoms with Crippen molar-refractivity contribution in [1.82, 2.24) is 9.66 Å². The first-order valence-corrected chi connectivity index (χ1v) is 14.7. The molecule has 0 bridgehead atoms. The molecule has 0 saturated heterocycles. The van der Waals surface area contributed by atoms with Gasteiger partial charge in [-0.05, 0) is 72.8 Å². The number of fused-ring (bicyclic) bond motifs is 2. The van der Waals surface area contributed by atoms with Crippen LogP contribution >= 0.6 is 39.1 Å². The standard InChI is InChI=1S/C32H21BrCl2N4O5/c1-42-27-15-20(33)12-19(30(27)43-17-29(40)37-23-9-6-21(34)7-10-23)16-36-39-31(38-25-5-3-2-4-24(25)32(39)41)28-14-18-13-22(35)8-11-26(18)44-28/h2-16H,17H2,1H3,(H,37,40). The molecule has 0 saturated carbocycles. The van der Waals surface area contributed by atoms with Gasteiger partial charge in [0.1, 0.15) is 5.58 Å². The maximum absolute atomic E-state index is 13.7. The minimum atomic E-state index is -0.410. The molecule has 0 aliphatic carbocycles. The van der Waals surface area contributed by atoms with Crippen molar-refractivity contribution in [3.63, 3.8) is 0 Å². The van der Waals surface area contributed by atoms with Gasteiger partial charge in [-0.1, -0.05) is 51.3 Å². The van der Waals surface area contributed by atoms with Crippen molar-refractivity contribution < 1.29 is 18.7 Å². The Morgan fingerprint density at radius 3 is 2.61 bits per heavy atom. The largest absolute Gasteiger partial charge is 0.493 e. The van der Waals surface area contributed by atoms with Crippen molar-refractivity contribution >= 4 is 78.8 Å². The first-order valence-electron chi connectivity index (χ1n) is 13.1. The van der Waals surface area contributed by atoms with Crippen LogP contribution in [0.1, 0.15) is 5.56 Å². The van der Waals surface area contributed by atoms with Gasteiger partial charge < -0.3 is 19.2 Å². The number of rotatable bonds is 8. The van der Waals surface area contributed by atoms with Crippen LogP contribution in [0.25, 0.3) is 33.5 Å². The quantitative estimate of drug-likeness (QED) is 0.163. The number of nitrogens with one attached hydrogen (secondary N) is 1. The lowest BCUT2D eigenvalue weighted by molar-refractivity contribution is -0.118. The number of methoxy groups -OCH3 is 1. The van der Waals surface area contributed by atoms with E-state index < -0.39 is 11.5 Å². The number of hydrogen-bond acceptors (Lipinski definition) is 7. The number of amides is 1. The second-order valence-electron chi connectivity index (χ2n) is 9.48. The Bertz CT molecular complexity index is 2130. The first-order chi connectivity index (χ1) is 21.3. The summed E-state index contributed by atoms with van der Waals surface area (Å²) in [6.45, 7) is -0.328. The van der Waals surface area contributed by atoms with Crippen LogP contribution in [-0.2, 0) is 4.79 Å². The lowest BCUT2D eigenvalue weighted by Crippen LogP contribution is -2.21. The topological polar surface area (TPSA) is 108 Å². The second kappa shape index (κ2) is 12.5. The summed E-state index contributed by atoms with van der Waals surface area (Å²) < 4.78 is 19.3. The highest BCUT2D eigenvalue weighted by molar-refractivity contribution is 9.10. The molecule has 6 rings (SSSR count). The fraction of sp³-hybridized carbons (Fsp3) is 0.0625. The van der Waals surface area contributed by atoms with Crippen LogP contribution in [0.15, 0.2) is 104 Å². The molecule has 2 heterocycles. The number of halogens is 3. The number of ether oxygens (including phenoxy) is 2. The Hall–Kier alpha value is -4.64. The molecule has 1 amide bonds. The summed E-state index contributed by atoms with van der Waals surface area (Å²) in [5.74, 6) is 0.696. The fourth-order valence-electron chi connectivity index (χ4n) is 4.49. The summed E-state index contributed by atoms with van der Waals surface area (Å²) in [5.41, 5.74) is 1.64. The van der Waals surface area contributed by atoms with Crippen LogP contribution < -0.4 is 20.3 Å². The lowest BCUT2D eigenvalue weighted by Gasteiger charge is -2.14. The smallest absolute Gasteiger partial charge is 0.282 e. The van der Waals surface area contributed by atoms with Gasteiger partial charge in [-0.25, -0.2) is 4.98 Å². The van der Waals surface area contributed by atoms with E-state index in [1.54, 1.807) is 84.9 Å². The molecule has 9 nitrogen and oxygen atoms in total.